The highest BCUT2D eigenvalue weighted by molar-refractivity contribution is 6.16. The number of rotatable bonds is 0. The molecule has 0 radical (unpaired) electrons. The van der Waals surface area contributed by atoms with Crippen LogP contribution in [0.15, 0.2) is 57.1 Å². The van der Waals surface area contributed by atoms with E-state index in [1.165, 1.54) is 0 Å². The van der Waals surface area contributed by atoms with Crippen LogP contribution in [0, 0.1) is 18.3 Å². The highest BCUT2D eigenvalue weighted by atomic mass is 16.5. The first kappa shape index (κ1) is 20.5. The van der Waals surface area contributed by atoms with E-state index >= 15 is 0 Å². The predicted molar refractivity (Wildman–Crippen MR) is 126 cm³/mol. The molecule has 7 heteroatoms. The van der Waals surface area contributed by atoms with Crippen LogP contribution in [0.1, 0.15) is 55.4 Å². The summed E-state index contributed by atoms with van der Waals surface area (Å²) in [5, 5.41) is 10.8. The molecule has 170 valence electrons. The number of hydrogen-bond acceptors (Lipinski definition) is 6. The third-order valence-electron chi connectivity index (χ3n) is 7.46. The number of nitrogens with two attached hydrogens (primary N) is 1. The Morgan fingerprint density at radius 3 is 2.68 bits per heavy atom. The number of anilines is 1. The molecule has 7 nitrogen and oxygen atoms in total. The average molecular weight is 453 g/mol. The van der Waals surface area contributed by atoms with Crippen LogP contribution in [-0.4, -0.2) is 11.4 Å². The van der Waals surface area contributed by atoms with E-state index in [4.69, 9.17) is 14.9 Å². The first-order valence-electron chi connectivity index (χ1n) is 11.3. The molecule has 6 rings (SSSR count). The van der Waals surface area contributed by atoms with Crippen LogP contribution in [0.3, 0.4) is 0 Å². The van der Waals surface area contributed by atoms with Crippen molar-refractivity contribution in [1.29, 1.82) is 5.26 Å². The van der Waals surface area contributed by atoms with Gasteiger partial charge in [-0.25, -0.2) is 4.79 Å². The van der Waals surface area contributed by atoms with Gasteiger partial charge in [0.25, 0.3) is 0 Å². The Bertz CT molecular complexity index is 1590. The van der Waals surface area contributed by atoms with Gasteiger partial charge in [-0.2, -0.15) is 5.26 Å². The number of amides is 1. The molecule has 1 amide bonds. The molecule has 1 spiro atoms. The molecule has 3 aliphatic rings. The minimum Gasteiger partial charge on any atom is -0.439 e. The first-order valence-corrected chi connectivity index (χ1v) is 11.3. The molecular formula is C27H23N3O4. The molecule has 0 saturated heterocycles. The zero-order valence-electron chi connectivity index (χ0n) is 19.4. The lowest BCUT2D eigenvalue weighted by Crippen LogP contribution is -2.55. The van der Waals surface area contributed by atoms with Crippen molar-refractivity contribution >= 4 is 22.6 Å². The van der Waals surface area contributed by atoms with Crippen molar-refractivity contribution in [3.63, 3.8) is 0 Å². The van der Waals surface area contributed by atoms with Gasteiger partial charge in [-0.1, -0.05) is 36.8 Å². The standard InChI is InChI=1S/C27H23N3O4/c1-13-9-16-14(2)11-26(3,4)30-21(16)17(10-13)27(25(30)32)18(12-28)23(29)34-22-15-7-5-6-8-19(15)33-24(31)20(22)27/h5-10,14H,11,29H2,1-4H3. The van der Waals surface area contributed by atoms with Gasteiger partial charge in [0, 0.05) is 11.1 Å². The van der Waals surface area contributed by atoms with Crippen LogP contribution in [0.5, 0.6) is 5.75 Å². The maximum atomic E-state index is 14.6. The van der Waals surface area contributed by atoms with Crippen LogP contribution in [0.4, 0.5) is 5.69 Å². The smallest absolute Gasteiger partial charge is 0.345 e. The van der Waals surface area contributed by atoms with E-state index in [-0.39, 0.29) is 34.6 Å². The highest BCUT2D eigenvalue weighted by Gasteiger charge is 2.64. The largest absolute Gasteiger partial charge is 0.439 e. The van der Waals surface area contributed by atoms with Gasteiger partial charge in [0.05, 0.1) is 11.1 Å². The summed E-state index contributed by atoms with van der Waals surface area (Å²) in [7, 11) is 0. The van der Waals surface area contributed by atoms with E-state index in [1.54, 1.807) is 29.2 Å². The second kappa shape index (κ2) is 6.29. The minimum atomic E-state index is -1.74. The second-order valence-corrected chi connectivity index (χ2v) is 10.1. The number of nitrogens with zero attached hydrogens (tertiary/aromatic N) is 2. The van der Waals surface area contributed by atoms with Crippen molar-refractivity contribution in [1.82, 2.24) is 0 Å². The summed E-state index contributed by atoms with van der Waals surface area (Å²) >= 11 is 0. The normalized spacial score (nSPS) is 24.1. The molecule has 1 aromatic heterocycles. The lowest BCUT2D eigenvalue weighted by molar-refractivity contribution is -0.122. The Labute approximate surface area is 196 Å². The quantitative estimate of drug-likeness (QED) is 0.513. The molecule has 0 fully saturated rings. The molecule has 4 heterocycles. The molecule has 0 bridgehead atoms. The Morgan fingerprint density at radius 1 is 1.21 bits per heavy atom. The SMILES string of the molecule is Cc1cc2c3c(c1)C1(C(=O)N3C(C)(C)CC2C)C(C#N)=C(N)Oc2c1c(=O)oc1ccccc21. The number of carbonyl (C=O) groups excluding carboxylic acids is 1. The summed E-state index contributed by atoms with van der Waals surface area (Å²) in [4.78, 5) is 29.9. The minimum absolute atomic E-state index is 0.00704. The Hall–Kier alpha value is -4.05. The highest BCUT2D eigenvalue weighted by Crippen LogP contribution is 2.60. The molecule has 3 aromatic rings. The molecule has 34 heavy (non-hydrogen) atoms. The maximum absolute atomic E-state index is 14.6. The van der Waals surface area contributed by atoms with Gasteiger partial charge in [-0.15, -0.1) is 0 Å². The molecule has 3 aliphatic heterocycles. The van der Waals surface area contributed by atoms with Crippen molar-refractivity contribution in [2.75, 3.05) is 4.90 Å². The van der Waals surface area contributed by atoms with Crippen molar-refractivity contribution in [3.8, 4) is 11.8 Å². The number of nitriles is 1. The Morgan fingerprint density at radius 2 is 1.94 bits per heavy atom. The Balaban J connectivity index is 1.86. The molecule has 2 N–H and O–H groups in total. The van der Waals surface area contributed by atoms with Crippen LogP contribution in [0.25, 0.3) is 11.0 Å². The number of fused-ring (bicyclic) bond motifs is 5. The van der Waals surface area contributed by atoms with E-state index in [0.29, 0.717) is 16.5 Å². The van der Waals surface area contributed by atoms with E-state index in [2.05, 4.69) is 19.1 Å². The van der Waals surface area contributed by atoms with Gasteiger partial charge >= 0.3 is 5.63 Å². The first-order chi connectivity index (χ1) is 16.1. The maximum Gasteiger partial charge on any atom is 0.345 e. The monoisotopic (exact) mass is 453 g/mol. The zero-order chi connectivity index (χ0) is 24.2. The van der Waals surface area contributed by atoms with Gasteiger partial charge in [0.2, 0.25) is 11.8 Å². The topological polar surface area (TPSA) is 110 Å². The molecular weight excluding hydrogens is 430 g/mol. The fourth-order valence-electron chi connectivity index (χ4n) is 6.27. The molecule has 2 aromatic carbocycles. The summed E-state index contributed by atoms with van der Waals surface area (Å²) in [5.41, 5.74) is 6.85. The lowest BCUT2D eigenvalue weighted by atomic mass is 9.68. The van der Waals surface area contributed by atoms with Crippen LogP contribution in [0.2, 0.25) is 0 Å². The molecule has 2 unspecified atom stereocenters. The van der Waals surface area contributed by atoms with Gasteiger partial charge in [0.15, 0.2) is 11.2 Å². The summed E-state index contributed by atoms with van der Waals surface area (Å²) in [6.07, 6.45) is 0.738. The second-order valence-electron chi connectivity index (χ2n) is 10.1. The van der Waals surface area contributed by atoms with Crippen LogP contribution in [-0.2, 0) is 10.2 Å². The molecule has 0 aliphatic carbocycles. The number of carbonyl (C=O) groups is 1. The van der Waals surface area contributed by atoms with Gasteiger partial charge in [-0.05, 0) is 50.8 Å². The van der Waals surface area contributed by atoms with E-state index in [0.717, 1.165) is 23.2 Å². The third kappa shape index (κ3) is 2.21. The summed E-state index contributed by atoms with van der Waals surface area (Å²) in [6, 6.07) is 13.0. The number of benzene rings is 2. The average Bonchev–Trinajstić information content (AvgIpc) is 3.02. The molecule has 2 atom stereocenters. The molecule has 0 saturated carbocycles. The van der Waals surface area contributed by atoms with E-state index < -0.39 is 16.6 Å². The van der Waals surface area contributed by atoms with Crippen LogP contribution < -0.4 is 21.0 Å². The number of aryl methyl sites for hydroxylation is 1. The zero-order valence-corrected chi connectivity index (χ0v) is 19.4. The number of ether oxygens (including phenoxy) is 1. The fourth-order valence-corrected chi connectivity index (χ4v) is 6.27. The van der Waals surface area contributed by atoms with Crippen molar-refractivity contribution in [2.45, 2.75) is 51.0 Å². The van der Waals surface area contributed by atoms with Crippen molar-refractivity contribution < 1.29 is 13.9 Å². The van der Waals surface area contributed by atoms with Crippen molar-refractivity contribution in [3.05, 3.63) is 80.5 Å². The van der Waals surface area contributed by atoms with Crippen LogP contribution >= 0.6 is 0 Å². The third-order valence-corrected chi connectivity index (χ3v) is 7.46. The van der Waals surface area contributed by atoms with E-state index in [9.17, 15) is 14.9 Å². The summed E-state index contributed by atoms with van der Waals surface area (Å²) in [6.45, 7) is 8.11. The lowest BCUT2D eigenvalue weighted by Gasteiger charge is -2.44. The number of para-hydroxylation sites is 1. The van der Waals surface area contributed by atoms with E-state index in [1.807, 2.05) is 26.8 Å². The van der Waals surface area contributed by atoms with Gasteiger partial charge < -0.3 is 19.8 Å². The fraction of sp³-hybridized carbons (Fsp3) is 0.296. The predicted octanol–water partition coefficient (Wildman–Crippen LogP) is 4.11. The van der Waals surface area contributed by atoms with Crippen molar-refractivity contribution in [2.24, 2.45) is 5.73 Å². The Kier molecular flexibility index (Phi) is 3.80. The van der Waals surface area contributed by atoms with Gasteiger partial charge in [-0.3, -0.25) is 4.79 Å². The summed E-state index contributed by atoms with van der Waals surface area (Å²) < 4.78 is 11.6. The number of hydrogen-bond donors (Lipinski definition) is 1. The van der Waals surface area contributed by atoms with Gasteiger partial charge in [0.1, 0.15) is 22.8 Å². The summed E-state index contributed by atoms with van der Waals surface area (Å²) in [5.74, 6) is -0.211.